The zero-order chi connectivity index (χ0) is 10.1. The van der Waals surface area contributed by atoms with Crippen LogP contribution in [0.2, 0.25) is 5.15 Å². The Kier molecular flexibility index (Phi) is 2.39. The second-order valence-corrected chi connectivity index (χ2v) is 3.71. The van der Waals surface area contributed by atoms with Gasteiger partial charge in [-0.2, -0.15) is 13.8 Å². The van der Waals surface area contributed by atoms with Crippen LogP contribution in [0, 0.1) is 6.92 Å². The minimum Gasteiger partial charge on any atom is -0.320 e. The standard InChI is InChI=1S/C7H8ClN5S/c1-4-3-5(10-13(4)2)9-7-6(8)11-14-12-7/h3H,1-2H3,(H,9,10,12). The number of halogens is 1. The second-order valence-electron chi connectivity index (χ2n) is 2.82. The number of aromatic nitrogens is 4. The first-order valence-corrected chi connectivity index (χ1v) is 5.03. The SMILES string of the molecule is Cc1cc(Nc2nsnc2Cl)nn1C. The Morgan fingerprint density at radius 3 is 2.79 bits per heavy atom. The van der Waals surface area contributed by atoms with E-state index in [0.29, 0.717) is 11.0 Å². The van der Waals surface area contributed by atoms with Crippen LogP contribution in [0.3, 0.4) is 0 Å². The van der Waals surface area contributed by atoms with E-state index in [1.165, 1.54) is 0 Å². The molecule has 0 radical (unpaired) electrons. The average molecular weight is 230 g/mol. The molecule has 0 amide bonds. The molecule has 0 aliphatic heterocycles. The van der Waals surface area contributed by atoms with Gasteiger partial charge in [-0.25, -0.2) is 0 Å². The first-order chi connectivity index (χ1) is 6.66. The third kappa shape index (κ3) is 1.71. The normalized spacial score (nSPS) is 10.5. The fourth-order valence-electron chi connectivity index (χ4n) is 0.995. The van der Waals surface area contributed by atoms with Crippen molar-refractivity contribution in [1.29, 1.82) is 0 Å². The first kappa shape index (κ1) is 9.42. The average Bonchev–Trinajstić information content (AvgIpc) is 2.63. The largest absolute Gasteiger partial charge is 0.320 e. The van der Waals surface area contributed by atoms with Crippen molar-refractivity contribution in [3.05, 3.63) is 16.9 Å². The minimum absolute atomic E-state index is 0.373. The lowest BCUT2D eigenvalue weighted by atomic mass is 10.4. The number of aryl methyl sites for hydroxylation is 2. The van der Waals surface area contributed by atoms with Crippen LogP contribution in [0.15, 0.2) is 6.07 Å². The van der Waals surface area contributed by atoms with E-state index in [2.05, 4.69) is 19.2 Å². The summed E-state index contributed by atoms with van der Waals surface area (Å²) >= 11 is 6.84. The van der Waals surface area contributed by atoms with Crippen LogP contribution in [0.4, 0.5) is 11.6 Å². The molecule has 1 N–H and O–H groups in total. The molecule has 0 atom stereocenters. The molecule has 7 heteroatoms. The molecule has 5 nitrogen and oxygen atoms in total. The van der Waals surface area contributed by atoms with E-state index in [1.54, 1.807) is 4.68 Å². The van der Waals surface area contributed by atoms with Gasteiger partial charge in [0.15, 0.2) is 16.8 Å². The molecule has 0 spiro atoms. The molecule has 2 aromatic heterocycles. The van der Waals surface area contributed by atoms with Gasteiger partial charge in [-0.05, 0) is 6.92 Å². The number of hydrogen-bond acceptors (Lipinski definition) is 5. The van der Waals surface area contributed by atoms with Gasteiger partial charge in [-0.15, -0.1) is 0 Å². The molecule has 0 aliphatic rings. The van der Waals surface area contributed by atoms with E-state index in [4.69, 9.17) is 11.6 Å². The maximum atomic E-state index is 5.78. The summed E-state index contributed by atoms with van der Waals surface area (Å²) in [7, 11) is 1.88. The van der Waals surface area contributed by atoms with Gasteiger partial charge in [0.2, 0.25) is 0 Å². The minimum atomic E-state index is 0.373. The topological polar surface area (TPSA) is 55.6 Å². The van der Waals surface area contributed by atoms with Crippen molar-refractivity contribution in [2.24, 2.45) is 7.05 Å². The molecule has 0 aliphatic carbocycles. The van der Waals surface area contributed by atoms with Gasteiger partial charge in [0.1, 0.15) is 0 Å². The zero-order valence-electron chi connectivity index (χ0n) is 7.65. The van der Waals surface area contributed by atoms with Gasteiger partial charge in [-0.1, -0.05) is 11.6 Å². The molecule has 0 bridgehead atoms. The van der Waals surface area contributed by atoms with Crippen molar-refractivity contribution in [3.8, 4) is 0 Å². The summed E-state index contributed by atoms with van der Waals surface area (Å²) in [4.78, 5) is 0. The molecule has 0 fully saturated rings. The fourth-order valence-corrected chi connectivity index (χ4v) is 1.64. The summed E-state index contributed by atoms with van der Waals surface area (Å²) < 4.78 is 9.60. The van der Waals surface area contributed by atoms with Crippen molar-refractivity contribution in [2.75, 3.05) is 5.32 Å². The molecular formula is C7H8ClN5S. The monoisotopic (exact) mass is 229 g/mol. The molecule has 0 unspecified atom stereocenters. The summed E-state index contributed by atoms with van der Waals surface area (Å²) in [5.74, 6) is 1.27. The summed E-state index contributed by atoms with van der Waals surface area (Å²) in [6, 6.07) is 1.91. The molecule has 0 saturated carbocycles. The van der Waals surface area contributed by atoms with Crippen LogP contribution in [-0.4, -0.2) is 18.5 Å². The highest BCUT2D eigenvalue weighted by Gasteiger charge is 2.07. The van der Waals surface area contributed by atoms with Gasteiger partial charge in [0.05, 0.1) is 11.7 Å². The Morgan fingerprint density at radius 1 is 1.50 bits per heavy atom. The molecule has 74 valence electrons. The van der Waals surface area contributed by atoms with Gasteiger partial charge in [0.25, 0.3) is 0 Å². The predicted octanol–water partition coefficient (Wildman–Crippen LogP) is 1.98. The molecule has 2 aromatic rings. The lowest BCUT2D eigenvalue weighted by Gasteiger charge is -1.95. The number of nitrogens with one attached hydrogen (secondary N) is 1. The number of anilines is 2. The summed E-state index contributed by atoms with van der Waals surface area (Å²) in [5.41, 5.74) is 1.06. The molecular weight excluding hydrogens is 222 g/mol. The van der Waals surface area contributed by atoms with Crippen LogP contribution >= 0.6 is 23.3 Å². The molecule has 2 heterocycles. The Hall–Kier alpha value is -1.14. The Balaban J connectivity index is 2.23. The Morgan fingerprint density at radius 2 is 2.29 bits per heavy atom. The van der Waals surface area contributed by atoms with Gasteiger partial charge in [-0.3, -0.25) is 4.68 Å². The van der Waals surface area contributed by atoms with Crippen molar-refractivity contribution in [1.82, 2.24) is 18.5 Å². The van der Waals surface area contributed by atoms with Crippen LogP contribution in [0.1, 0.15) is 5.69 Å². The Bertz CT molecular complexity index is 429. The van der Waals surface area contributed by atoms with Crippen LogP contribution in [0.25, 0.3) is 0 Å². The zero-order valence-corrected chi connectivity index (χ0v) is 9.22. The number of hydrogen-bond donors (Lipinski definition) is 1. The van der Waals surface area contributed by atoms with Crippen molar-refractivity contribution in [2.45, 2.75) is 6.92 Å². The van der Waals surface area contributed by atoms with Crippen LogP contribution in [-0.2, 0) is 7.05 Å². The highest BCUT2D eigenvalue weighted by molar-refractivity contribution is 6.99. The number of rotatable bonds is 2. The molecule has 0 saturated heterocycles. The quantitative estimate of drug-likeness (QED) is 0.856. The van der Waals surface area contributed by atoms with Gasteiger partial charge in [0, 0.05) is 18.8 Å². The maximum absolute atomic E-state index is 5.78. The van der Waals surface area contributed by atoms with Gasteiger partial charge >= 0.3 is 0 Å². The molecule has 0 aromatic carbocycles. The lowest BCUT2D eigenvalue weighted by Crippen LogP contribution is -1.95. The lowest BCUT2D eigenvalue weighted by molar-refractivity contribution is 0.743. The Labute approximate surface area is 90.0 Å². The van der Waals surface area contributed by atoms with Crippen LogP contribution < -0.4 is 5.32 Å². The fraction of sp³-hybridized carbons (Fsp3) is 0.286. The summed E-state index contributed by atoms with van der Waals surface area (Å²) in [6.45, 7) is 1.97. The van der Waals surface area contributed by atoms with E-state index in [-0.39, 0.29) is 0 Å². The molecule has 14 heavy (non-hydrogen) atoms. The van der Waals surface area contributed by atoms with E-state index in [9.17, 15) is 0 Å². The second kappa shape index (κ2) is 3.55. The van der Waals surface area contributed by atoms with Crippen molar-refractivity contribution in [3.63, 3.8) is 0 Å². The van der Waals surface area contributed by atoms with E-state index < -0.39 is 0 Å². The van der Waals surface area contributed by atoms with E-state index in [0.717, 1.165) is 23.2 Å². The van der Waals surface area contributed by atoms with E-state index in [1.807, 2.05) is 20.0 Å². The summed E-state index contributed by atoms with van der Waals surface area (Å²) in [5, 5.41) is 7.57. The van der Waals surface area contributed by atoms with Gasteiger partial charge < -0.3 is 5.32 Å². The predicted molar refractivity (Wildman–Crippen MR) is 56.1 cm³/mol. The van der Waals surface area contributed by atoms with Crippen LogP contribution in [0.5, 0.6) is 0 Å². The third-order valence-corrected chi connectivity index (χ3v) is 2.70. The first-order valence-electron chi connectivity index (χ1n) is 3.92. The van der Waals surface area contributed by atoms with Crippen molar-refractivity contribution < 1.29 is 0 Å². The number of nitrogens with zero attached hydrogens (tertiary/aromatic N) is 4. The summed E-state index contributed by atoms with van der Waals surface area (Å²) in [6.07, 6.45) is 0. The maximum Gasteiger partial charge on any atom is 0.187 e. The highest BCUT2D eigenvalue weighted by Crippen LogP contribution is 2.21. The third-order valence-electron chi connectivity index (χ3n) is 1.81. The smallest absolute Gasteiger partial charge is 0.187 e. The van der Waals surface area contributed by atoms with E-state index >= 15 is 0 Å². The molecule has 2 rings (SSSR count). The van der Waals surface area contributed by atoms with Crippen molar-refractivity contribution >= 4 is 35.0 Å². The highest BCUT2D eigenvalue weighted by atomic mass is 35.5.